The van der Waals surface area contributed by atoms with Gasteiger partial charge in [-0.2, -0.15) is 0 Å². The zero-order valence-corrected chi connectivity index (χ0v) is 17.4. The van der Waals surface area contributed by atoms with Gasteiger partial charge in [-0.25, -0.2) is 0 Å². The Balaban J connectivity index is 1.41. The van der Waals surface area contributed by atoms with Gasteiger partial charge in [-0.05, 0) is 60.2 Å². The van der Waals surface area contributed by atoms with Gasteiger partial charge in [0.2, 0.25) is 0 Å². The molecule has 1 N–H and O–H groups in total. The minimum Gasteiger partial charge on any atom is -0.497 e. The lowest BCUT2D eigenvalue weighted by atomic mass is 10.0. The summed E-state index contributed by atoms with van der Waals surface area (Å²) in [5.74, 6) is 1.01. The highest BCUT2D eigenvalue weighted by atomic mass is 32.1. The van der Waals surface area contributed by atoms with Gasteiger partial charge in [0.1, 0.15) is 11.5 Å². The van der Waals surface area contributed by atoms with E-state index in [9.17, 15) is 9.59 Å². The molecule has 0 spiro atoms. The van der Waals surface area contributed by atoms with Crippen molar-refractivity contribution in [2.24, 2.45) is 0 Å². The van der Waals surface area contributed by atoms with Gasteiger partial charge in [0.05, 0.1) is 12.0 Å². The molecule has 0 saturated heterocycles. The normalized spacial score (nSPS) is 12.8. The molecule has 0 unspecified atom stereocenters. The van der Waals surface area contributed by atoms with Gasteiger partial charge < -0.3 is 19.7 Å². The number of hydrogen-bond acceptors (Lipinski definition) is 5. The van der Waals surface area contributed by atoms with Crippen LogP contribution in [0.1, 0.15) is 21.7 Å². The number of fused-ring (bicyclic) bond motifs is 1. The van der Waals surface area contributed by atoms with Crippen molar-refractivity contribution in [1.82, 2.24) is 0 Å². The number of nitrogens with one attached hydrogen (secondary N) is 1. The van der Waals surface area contributed by atoms with Crippen LogP contribution in [0, 0.1) is 0 Å². The smallest absolute Gasteiger partial charge is 0.268 e. The third-order valence-electron chi connectivity index (χ3n) is 4.87. The maximum atomic E-state index is 12.8. The number of methoxy groups -OCH3 is 1. The Bertz CT molecular complexity index is 1050. The highest BCUT2D eigenvalue weighted by molar-refractivity contribution is 7.12. The van der Waals surface area contributed by atoms with Gasteiger partial charge in [-0.3, -0.25) is 9.59 Å². The zero-order valence-electron chi connectivity index (χ0n) is 16.6. The molecule has 0 saturated carbocycles. The van der Waals surface area contributed by atoms with Crippen LogP contribution in [0.2, 0.25) is 0 Å². The Labute approximate surface area is 179 Å². The standard InChI is InChI=1S/C23H22N2O4S/c1-28-18-6-2-7-19(14-18)29-15-22(26)24-17-9-10-20-16(13-17)5-3-11-25(20)23(27)21-8-4-12-30-21/h2,4,6-10,12-14H,3,5,11,15H2,1H3,(H,24,26). The third kappa shape index (κ3) is 4.46. The van der Waals surface area contributed by atoms with Crippen molar-refractivity contribution in [3.05, 3.63) is 70.4 Å². The first-order chi connectivity index (χ1) is 14.6. The molecule has 2 amide bonds. The zero-order chi connectivity index (χ0) is 20.9. The molecule has 2 aromatic carbocycles. The average molecular weight is 423 g/mol. The number of benzene rings is 2. The van der Waals surface area contributed by atoms with Gasteiger partial charge in [0, 0.05) is 24.0 Å². The summed E-state index contributed by atoms with van der Waals surface area (Å²) in [4.78, 5) is 27.7. The molecule has 4 rings (SSSR count). The van der Waals surface area contributed by atoms with Gasteiger partial charge in [-0.1, -0.05) is 12.1 Å². The highest BCUT2D eigenvalue weighted by Crippen LogP contribution is 2.31. The number of hydrogen-bond donors (Lipinski definition) is 1. The van der Waals surface area contributed by atoms with Crippen molar-refractivity contribution in [3.8, 4) is 11.5 Å². The van der Waals surface area contributed by atoms with E-state index >= 15 is 0 Å². The van der Waals surface area contributed by atoms with E-state index < -0.39 is 0 Å². The predicted octanol–water partition coefficient (Wildman–Crippen LogP) is 4.37. The molecule has 2 heterocycles. The molecule has 0 atom stereocenters. The molecule has 0 radical (unpaired) electrons. The molecular formula is C23H22N2O4S. The van der Waals surface area contributed by atoms with Crippen LogP contribution in [0.15, 0.2) is 60.0 Å². The second-order valence-electron chi connectivity index (χ2n) is 6.90. The number of anilines is 2. The van der Waals surface area contributed by atoms with Crippen LogP contribution in [0.4, 0.5) is 11.4 Å². The van der Waals surface area contributed by atoms with E-state index in [0.717, 1.165) is 29.0 Å². The largest absolute Gasteiger partial charge is 0.497 e. The van der Waals surface area contributed by atoms with Crippen molar-refractivity contribution >= 4 is 34.5 Å². The number of aryl methyl sites for hydroxylation is 1. The van der Waals surface area contributed by atoms with E-state index in [-0.39, 0.29) is 18.4 Å². The van der Waals surface area contributed by atoms with E-state index in [0.29, 0.717) is 23.7 Å². The second-order valence-corrected chi connectivity index (χ2v) is 7.84. The quantitative estimate of drug-likeness (QED) is 0.641. The van der Waals surface area contributed by atoms with Crippen LogP contribution in [-0.2, 0) is 11.2 Å². The molecule has 7 heteroatoms. The van der Waals surface area contributed by atoms with Crippen molar-refractivity contribution < 1.29 is 19.1 Å². The Morgan fingerprint density at radius 1 is 1.10 bits per heavy atom. The molecule has 1 aromatic heterocycles. The monoisotopic (exact) mass is 422 g/mol. The number of carbonyl (C=O) groups is 2. The molecule has 30 heavy (non-hydrogen) atoms. The Morgan fingerprint density at radius 3 is 2.77 bits per heavy atom. The first kappa shape index (κ1) is 20.0. The van der Waals surface area contributed by atoms with E-state index in [2.05, 4.69) is 5.32 Å². The number of ether oxygens (including phenoxy) is 2. The summed E-state index contributed by atoms with van der Waals surface area (Å²) in [6, 6.07) is 16.5. The third-order valence-corrected chi connectivity index (χ3v) is 5.73. The lowest BCUT2D eigenvalue weighted by molar-refractivity contribution is -0.118. The first-order valence-corrected chi connectivity index (χ1v) is 10.6. The van der Waals surface area contributed by atoms with Gasteiger partial charge in [0.15, 0.2) is 6.61 Å². The summed E-state index contributed by atoms with van der Waals surface area (Å²) < 4.78 is 10.7. The Morgan fingerprint density at radius 2 is 1.97 bits per heavy atom. The Kier molecular flexibility index (Phi) is 5.99. The van der Waals surface area contributed by atoms with E-state index in [1.54, 1.807) is 25.3 Å². The highest BCUT2D eigenvalue weighted by Gasteiger charge is 2.24. The fourth-order valence-corrected chi connectivity index (χ4v) is 4.13. The maximum absolute atomic E-state index is 12.8. The van der Waals surface area contributed by atoms with Crippen LogP contribution in [0.3, 0.4) is 0 Å². The minimum absolute atomic E-state index is 0.0226. The molecule has 1 aliphatic heterocycles. The molecule has 154 valence electrons. The summed E-state index contributed by atoms with van der Waals surface area (Å²) in [6.45, 7) is 0.594. The Hall–Kier alpha value is -3.32. The lowest BCUT2D eigenvalue weighted by Crippen LogP contribution is -2.35. The van der Waals surface area contributed by atoms with Gasteiger partial charge >= 0.3 is 0 Å². The second kappa shape index (κ2) is 9.00. The van der Waals surface area contributed by atoms with Crippen LogP contribution in [0.25, 0.3) is 0 Å². The maximum Gasteiger partial charge on any atom is 0.268 e. The van der Waals surface area contributed by atoms with E-state index in [1.165, 1.54) is 11.3 Å². The number of carbonyl (C=O) groups excluding carboxylic acids is 2. The van der Waals surface area contributed by atoms with Gasteiger partial charge in [-0.15, -0.1) is 11.3 Å². The summed E-state index contributed by atoms with van der Waals surface area (Å²) in [7, 11) is 1.58. The van der Waals surface area contributed by atoms with E-state index in [1.807, 2.05) is 46.7 Å². The molecular weight excluding hydrogens is 400 g/mol. The first-order valence-electron chi connectivity index (χ1n) is 9.69. The van der Waals surface area contributed by atoms with Crippen molar-refractivity contribution in [1.29, 1.82) is 0 Å². The molecule has 0 fully saturated rings. The SMILES string of the molecule is COc1cccc(OCC(=O)Nc2ccc3c(c2)CCCN3C(=O)c2cccs2)c1. The number of amides is 2. The number of thiophene rings is 1. The number of nitrogens with zero attached hydrogens (tertiary/aromatic N) is 1. The van der Waals surface area contributed by atoms with Crippen LogP contribution < -0.4 is 19.7 Å². The van der Waals surface area contributed by atoms with Crippen LogP contribution >= 0.6 is 11.3 Å². The fraction of sp³-hybridized carbons (Fsp3) is 0.217. The van der Waals surface area contributed by atoms with Gasteiger partial charge in [0.25, 0.3) is 11.8 Å². The topological polar surface area (TPSA) is 67.9 Å². The summed E-state index contributed by atoms with van der Waals surface area (Å²) >= 11 is 1.45. The molecule has 0 aliphatic carbocycles. The fourth-order valence-electron chi connectivity index (χ4n) is 3.46. The predicted molar refractivity (Wildman–Crippen MR) is 118 cm³/mol. The molecule has 0 bridgehead atoms. The van der Waals surface area contributed by atoms with Crippen LogP contribution in [-0.4, -0.2) is 32.1 Å². The van der Waals surface area contributed by atoms with Crippen LogP contribution in [0.5, 0.6) is 11.5 Å². The number of rotatable bonds is 6. The van der Waals surface area contributed by atoms with Crippen molar-refractivity contribution in [3.63, 3.8) is 0 Å². The minimum atomic E-state index is -0.250. The van der Waals surface area contributed by atoms with Crippen molar-refractivity contribution in [2.75, 3.05) is 30.5 Å². The van der Waals surface area contributed by atoms with Crippen molar-refractivity contribution in [2.45, 2.75) is 12.8 Å². The lowest BCUT2D eigenvalue weighted by Gasteiger charge is -2.29. The summed E-state index contributed by atoms with van der Waals surface area (Å²) in [5, 5.41) is 4.77. The average Bonchev–Trinajstić information content (AvgIpc) is 3.32. The van der Waals surface area contributed by atoms with E-state index in [4.69, 9.17) is 9.47 Å². The summed E-state index contributed by atoms with van der Waals surface area (Å²) in [5.41, 5.74) is 2.65. The molecule has 1 aliphatic rings. The summed E-state index contributed by atoms with van der Waals surface area (Å²) in [6.07, 6.45) is 1.76. The molecule has 6 nitrogen and oxygen atoms in total. The molecule has 3 aromatic rings.